The number of aliphatic carboxylic acids is 1. The zero-order chi connectivity index (χ0) is 25.7. The van der Waals surface area contributed by atoms with Gasteiger partial charge in [0.25, 0.3) is 0 Å². The van der Waals surface area contributed by atoms with Crippen LogP contribution in [0, 0.1) is 0 Å². The molecule has 0 spiro atoms. The third kappa shape index (κ3) is 9.65. The van der Waals surface area contributed by atoms with Crippen LogP contribution in [-0.4, -0.2) is 54.2 Å². The van der Waals surface area contributed by atoms with Crippen LogP contribution < -0.4 is 15.2 Å². The van der Waals surface area contributed by atoms with Crippen molar-refractivity contribution in [3.05, 3.63) is 23.8 Å². The molecule has 1 aromatic carbocycles. The van der Waals surface area contributed by atoms with Crippen molar-refractivity contribution >= 4 is 24.2 Å². The monoisotopic (exact) mass is 483 g/mol. The highest BCUT2D eigenvalue weighted by molar-refractivity contribution is 5.79. The molecule has 1 rings (SSSR count). The second-order valence-electron chi connectivity index (χ2n) is 7.68. The van der Waals surface area contributed by atoms with Gasteiger partial charge in [-0.2, -0.15) is 0 Å². The first kappa shape index (κ1) is 28.7. The van der Waals surface area contributed by atoms with Gasteiger partial charge in [0, 0.05) is 19.3 Å². The standard InChI is InChI=1S/C23H33NO10/c1-5-10-30-21(28)33-17-9-8-16(12-18(17)34-22(29)31-11-6-2)14-23(24,20(26)27)13-15(4)32-19(25)7-3/h8-9,12,15H,5-7,10-11,13-14,24H2,1-4H3,(H,26,27)/t15-,23?/m0/s1. The zero-order valence-corrected chi connectivity index (χ0v) is 20.0. The van der Waals surface area contributed by atoms with Crippen LogP contribution in [-0.2, 0) is 30.2 Å². The van der Waals surface area contributed by atoms with Crippen LogP contribution in [0.2, 0.25) is 0 Å². The molecule has 0 aliphatic rings. The lowest BCUT2D eigenvalue weighted by Gasteiger charge is -2.28. The Morgan fingerprint density at radius 3 is 2.03 bits per heavy atom. The predicted molar refractivity (Wildman–Crippen MR) is 120 cm³/mol. The van der Waals surface area contributed by atoms with Crippen LogP contribution in [0.5, 0.6) is 11.5 Å². The average Bonchev–Trinajstić information content (AvgIpc) is 2.77. The number of ether oxygens (including phenoxy) is 5. The van der Waals surface area contributed by atoms with E-state index in [1.165, 1.54) is 18.2 Å². The fraction of sp³-hybridized carbons (Fsp3) is 0.565. The predicted octanol–water partition coefficient (Wildman–Crippen LogP) is 3.59. The molecule has 190 valence electrons. The molecule has 11 nitrogen and oxygen atoms in total. The molecule has 0 fully saturated rings. The number of hydrogen-bond acceptors (Lipinski definition) is 10. The highest BCUT2D eigenvalue weighted by Crippen LogP contribution is 2.31. The molecule has 0 heterocycles. The molecule has 0 radical (unpaired) electrons. The van der Waals surface area contributed by atoms with Gasteiger partial charge in [-0.15, -0.1) is 0 Å². The zero-order valence-electron chi connectivity index (χ0n) is 20.0. The summed E-state index contributed by atoms with van der Waals surface area (Å²) in [6.07, 6.45) is -1.83. The highest BCUT2D eigenvalue weighted by atomic mass is 16.7. The Bertz CT molecular complexity index is 856. The molecule has 1 unspecified atom stereocenters. The van der Waals surface area contributed by atoms with Gasteiger partial charge < -0.3 is 34.5 Å². The minimum Gasteiger partial charge on any atom is -0.480 e. The second kappa shape index (κ2) is 14.0. The fourth-order valence-corrected chi connectivity index (χ4v) is 2.90. The first-order valence-electron chi connectivity index (χ1n) is 11.1. The lowest BCUT2D eigenvalue weighted by atomic mass is 9.86. The van der Waals surface area contributed by atoms with Crippen LogP contribution >= 0.6 is 0 Å². The number of carbonyl (C=O) groups excluding carboxylic acids is 3. The van der Waals surface area contributed by atoms with Gasteiger partial charge in [0.15, 0.2) is 11.5 Å². The molecule has 3 N–H and O–H groups in total. The van der Waals surface area contributed by atoms with Gasteiger partial charge in [0.1, 0.15) is 11.6 Å². The first-order valence-corrected chi connectivity index (χ1v) is 11.1. The Morgan fingerprint density at radius 2 is 1.53 bits per heavy atom. The maximum atomic E-state index is 12.0. The summed E-state index contributed by atoms with van der Waals surface area (Å²) in [5, 5.41) is 9.75. The van der Waals surface area contributed by atoms with Gasteiger partial charge in [0.2, 0.25) is 0 Å². The molecular weight excluding hydrogens is 450 g/mol. The molecule has 34 heavy (non-hydrogen) atoms. The van der Waals surface area contributed by atoms with E-state index in [0.29, 0.717) is 18.4 Å². The summed E-state index contributed by atoms with van der Waals surface area (Å²) in [4.78, 5) is 47.3. The molecule has 0 saturated carbocycles. The van der Waals surface area contributed by atoms with Crippen LogP contribution in [0.1, 0.15) is 58.9 Å². The summed E-state index contributed by atoms with van der Waals surface area (Å²) in [5.41, 5.74) is 4.72. The minimum atomic E-state index is -1.80. The largest absolute Gasteiger partial charge is 0.513 e. The topological polar surface area (TPSA) is 161 Å². The average molecular weight is 484 g/mol. The van der Waals surface area contributed by atoms with Gasteiger partial charge in [0.05, 0.1) is 13.2 Å². The molecule has 0 aliphatic carbocycles. The van der Waals surface area contributed by atoms with Crippen molar-refractivity contribution in [2.45, 2.75) is 71.4 Å². The third-order valence-electron chi connectivity index (χ3n) is 4.46. The Hall–Kier alpha value is -3.34. The van der Waals surface area contributed by atoms with E-state index < -0.39 is 35.9 Å². The fourth-order valence-electron chi connectivity index (χ4n) is 2.90. The number of nitrogens with two attached hydrogens (primary N) is 1. The molecule has 0 aliphatic heterocycles. The van der Waals surface area contributed by atoms with Crippen molar-refractivity contribution in [2.24, 2.45) is 5.73 Å². The molecule has 0 amide bonds. The number of benzene rings is 1. The summed E-state index contributed by atoms with van der Waals surface area (Å²) in [5.74, 6) is -2.08. The molecule has 0 bridgehead atoms. The van der Waals surface area contributed by atoms with Crippen molar-refractivity contribution in [3.63, 3.8) is 0 Å². The molecular formula is C23H33NO10. The van der Waals surface area contributed by atoms with Crippen molar-refractivity contribution in [1.82, 2.24) is 0 Å². The Labute approximate surface area is 198 Å². The van der Waals surface area contributed by atoms with Gasteiger partial charge in [-0.1, -0.05) is 26.8 Å². The maximum Gasteiger partial charge on any atom is 0.513 e. The normalized spacial score (nSPS) is 13.2. The number of hydrogen-bond donors (Lipinski definition) is 2. The van der Waals surface area contributed by atoms with E-state index in [1.807, 2.05) is 6.92 Å². The van der Waals surface area contributed by atoms with Crippen LogP contribution in [0.4, 0.5) is 9.59 Å². The summed E-state index contributed by atoms with van der Waals surface area (Å²) in [6.45, 7) is 7.04. The smallest absolute Gasteiger partial charge is 0.480 e. The van der Waals surface area contributed by atoms with Crippen molar-refractivity contribution in [2.75, 3.05) is 13.2 Å². The number of carboxylic acids is 1. The molecule has 1 aromatic rings. The molecule has 0 saturated heterocycles. The van der Waals surface area contributed by atoms with Gasteiger partial charge in [-0.05, 0) is 37.5 Å². The van der Waals surface area contributed by atoms with E-state index >= 15 is 0 Å². The van der Waals surface area contributed by atoms with Crippen molar-refractivity contribution < 1.29 is 48.0 Å². The van der Waals surface area contributed by atoms with Crippen molar-refractivity contribution in [3.8, 4) is 11.5 Å². The van der Waals surface area contributed by atoms with Crippen LogP contribution in [0.25, 0.3) is 0 Å². The van der Waals surface area contributed by atoms with E-state index in [0.717, 1.165) is 0 Å². The second-order valence-corrected chi connectivity index (χ2v) is 7.68. The summed E-state index contributed by atoms with van der Waals surface area (Å²) < 4.78 is 25.2. The van der Waals surface area contributed by atoms with Crippen molar-refractivity contribution in [1.29, 1.82) is 0 Å². The number of carbonyl (C=O) groups is 4. The Kier molecular flexibility index (Phi) is 11.8. The summed E-state index contributed by atoms with van der Waals surface area (Å²) in [7, 11) is 0. The number of esters is 1. The van der Waals surface area contributed by atoms with Crippen LogP contribution in [0.15, 0.2) is 18.2 Å². The van der Waals surface area contributed by atoms with E-state index in [1.54, 1.807) is 20.8 Å². The molecule has 11 heteroatoms. The highest BCUT2D eigenvalue weighted by Gasteiger charge is 2.37. The lowest BCUT2D eigenvalue weighted by molar-refractivity contribution is -0.153. The van der Waals surface area contributed by atoms with Gasteiger partial charge in [-0.25, -0.2) is 9.59 Å². The third-order valence-corrected chi connectivity index (χ3v) is 4.46. The quantitative estimate of drug-likeness (QED) is 0.239. The van der Waals surface area contributed by atoms with Crippen LogP contribution in [0.3, 0.4) is 0 Å². The van der Waals surface area contributed by atoms with E-state index in [-0.39, 0.29) is 44.0 Å². The van der Waals surface area contributed by atoms with Gasteiger partial charge >= 0.3 is 24.2 Å². The molecule has 0 aromatic heterocycles. The summed E-state index contributed by atoms with van der Waals surface area (Å²) >= 11 is 0. The lowest BCUT2D eigenvalue weighted by Crippen LogP contribution is -2.52. The summed E-state index contributed by atoms with van der Waals surface area (Å²) in [6, 6.07) is 4.12. The minimum absolute atomic E-state index is 0.118. The Balaban J connectivity index is 3.16. The number of carboxylic acid groups (broad SMARTS) is 1. The number of rotatable bonds is 13. The Morgan fingerprint density at radius 1 is 0.971 bits per heavy atom. The maximum absolute atomic E-state index is 12.0. The first-order chi connectivity index (χ1) is 16.0. The molecule has 2 atom stereocenters. The SMILES string of the molecule is CCCOC(=O)Oc1ccc(CC(N)(C[C@H](C)OC(=O)CC)C(=O)O)cc1OC(=O)OCCC. The van der Waals surface area contributed by atoms with E-state index in [9.17, 15) is 24.3 Å². The van der Waals surface area contributed by atoms with E-state index in [4.69, 9.17) is 29.4 Å². The van der Waals surface area contributed by atoms with Gasteiger partial charge in [-0.3, -0.25) is 9.59 Å². The van der Waals surface area contributed by atoms with E-state index in [2.05, 4.69) is 0 Å².